The van der Waals surface area contributed by atoms with Crippen LogP contribution < -0.4 is 4.80 Å². The maximum Gasteiger partial charge on any atom is 0.325 e. The molecule has 0 bridgehead atoms. The molecule has 0 unspecified atom stereocenters. The first-order chi connectivity index (χ1) is 14.1. The second-order valence-corrected chi connectivity index (χ2v) is 8.80. The van der Waals surface area contributed by atoms with E-state index in [0.717, 1.165) is 36.1 Å². The first-order valence-corrected chi connectivity index (χ1v) is 11.6. The van der Waals surface area contributed by atoms with Crippen LogP contribution in [0.2, 0.25) is 0 Å². The smallest absolute Gasteiger partial charge is 0.325 e. The lowest BCUT2D eigenvalue weighted by Gasteiger charge is -2.19. The number of methoxy groups -OCH3 is 1. The number of carbonyl (C=O) groups is 3. The third-order valence-electron chi connectivity index (χ3n) is 4.73. The summed E-state index contributed by atoms with van der Waals surface area (Å²) in [5.74, 6) is -0.210. The number of hydrogen-bond donors (Lipinski definition) is 0. The van der Waals surface area contributed by atoms with Gasteiger partial charge in [-0.3, -0.25) is 14.4 Å². The molecule has 2 amide bonds. The SMILES string of the molecule is COC(=O)Cn1c(=NC(=O)CSCC(=O)N2CCCCCC2)sc2ccccc21. The van der Waals surface area contributed by atoms with Gasteiger partial charge in [-0.05, 0) is 25.0 Å². The maximum atomic E-state index is 12.4. The molecular weight excluding hydrogens is 410 g/mol. The number of thioether (sulfide) groups is 1. The van der Waals surface area contributed by atoms with E-state index in [1.165, 1.54) is 43.1 Å². The molecule has 0 aliphatic carbocycles. The predicted octanol–water partition coefficient (Wildman–Crippen LogP) is 2.44. The zero-order valence-corrected chi connectivity index (χ0v) is 18.1. The molecule has 2 aromatic rings. The molecule has 1 aliphatic rings. The summed E-state index contributed by atoms with van der Waals surface area (Å²) < 4.78 is 7.39. The Morgan fingerprint density at radius 3 is 2.55 bits per heavy atom. The molecule has 0 atom stereocenters. The lowest BCUT2D eigenvalue weighted by atomic mass is 10.2. The van der Waals surface area contributed by atoms with Gasteiger partial charge in [-0.2, -0.15) is 4.99 Å². The number of likely N-dealkylation sites (tertiary alicyclic amines) is 1. The van der Waals surface area contributed by atoms with Crippen molar-refractivity contribution >= 4 is 51.1 Å². The van der Waals surface area contributed by atoms with Gasteiger partial charge in [0, 0.05) is 13.1 Å². The molecule has 0 radical (unpaired) electrons. The standard InChI is InChI=1S/C20H25N3O4S2/c1-27-19(26)12-23-15-8-4-5-9-16(15)29-20(23)21-17(24)13-28-14-18(25)22-10-6-2-3-7-11-22/h4-5,8-9H,2-3,6-7,10-14H2,1H3. The molecule has 1 aromatic carbocycles. The minimum Gasteiger partial charge on any atom is -0.468 e. The van der Waals surface area contributed by atoms with Crippen LogP contribution in [-0.4, -0.2) is 59.0 Å². The summed E-state index contributed by atoms with van der Waals surface area (Å²) in [5.41, 5.74) is 0.832. The Hall–Kier alpha value is -2.13. The van der Waals surface area contributed by atoms with Crippen molar-refractivity contribution in [3.63, 3.8) is 0 Å². The van der Waals surface area contributed by atoms with E-state index in [4.69, 9.17) is 4.74 Å². The molecule has 9 heteroatoms. The number of hydrogen-bond acceptors (Lipinski definition) is 6. The number of aromatic nitrogens is 1. The van der Waals surface area contributed by atoms with Gasteiger partial charge in [0.1, 0.15) is 6.54 Å². The van der Waals surface area contributed by atoms with Crippen molar-refractivity contribution < 1.29 is 19.1 Å². The van der Waals surface area contributed by atoms with E-state index in [0.29, 0.717) is 4.80 Å². The van der Waals surface area contributed by atoms with Gasteiger partial charge in [0.25, 0.3) is 5.91 Å². The fourth-order valence-corrected chi connectivity index (χ4v) is 4.97. The second-order valence-electron chi connectivity index (χ2n) is 6.81. The lowest BCUT2D eigenvalue weighted by Crippen LogP contribution is -2.33. The lowest BCUT2D eigenvalue weighted by molar-refractivity contribution is -0.141. The van der Waals surface area contributed by atoms with Crippen molar-refractivity contribution in [2.24, 2.45) is 4.99 Å². The Morgan fingerprint density at radius 1 is 1.10 bits per heavy atom. The van der Waals surface area contributed by atoms with Crippen molar-refractivity contribution in [1.82, 2.24) is 9.47 Å². The summed E-state index contributed by atoms with van der Waals surface area (Å²) in [6.45, 7) is 1.62. The van der Waals surface area contributed by atoms with Gasteiger partial charge in [0.15, 0.2) is 4.80 Å². The van der Waals surface area contributed by atoms with Gasteiger partial charge in [0.05, 0.1) is 28.8 Å². The minimum absolute atomic E-state index is 0.00673. The van der Waals surface area contributed by atoms with Crippen LogP contribution >= 0.6 is 23.1 Å². The average molecular weight is 436 g/mol. The van der Waals surface area contributed by atoms with Gasteiger partial charge in [-0.25, -0.2) is 0 Å². The van der Waals surface area contributed by atoms with Crippen molar-refractivity contribution in [1.29, 1.82) is 0 Å². The number of esters is 1. The Morgan fingerprint density at radius 2 is 1.83 bits per heavy atom. The van der Waals surface area contributed by atoms with E-state index in [1.807, 2.05) is 29.2 Å². The van der Waals surface area contributed by atoms with Crippen LogP contribution in [0.4, 0.5) is 0 Å². The van der Waals surface area contributed by atoms with E-state index >= 15 is 0 Å². The van der Waals surface area contributed by atoms with E-state index < -0.39 is 5.97 Å². The van der Waals surface area contributed by atoms with Crippen LogP contribution in [-0.2, 0) is 25.7 Å². The third kappa shape index (κ3) is 5.93. The van der Waals surface area contributed by atoms with E-state index in [2.05, 4.69) is 4.99 Å². The minimum atomic E-state index is -0.403. The number of benzene rings is 1. The number of ether oxygens (including phenoxy) is 1. The van der Waals surface area contributed by atoms with Gasteiger partial charge in [-0.15, -0.1) is 11.8 Å². The number of rotatable bonds is 6. The van der Waals surface area contributed by atoms with Crippen LogP contribution in [0, 0.1) is 0 Å². The van der Waals surface area contributed by atoms with E-state index in [9.17, 15) is 14.4 Å². The Bertz CT molecular complexity index is 943. The predicted molar refractivity (Wildman–Crippen MR) is 115 cm³/mol. The zero-order chi connectivity index (χ0) is 20.6. The zero-order valence-electron chi connectivity index (χ0n) is 16.5. The summed E-state index contributed by atoms with van der Waals surface area (Å²) in [7, 11) is 1.33. The number of thiazole rings is 1. The highest BCUT2D eigenvalue weighted by Gasteiger charge is 2.16. The molecule has 2 heterocycles. The molecule has 1 aliphatic heterocycles. The molecule has 0 N–H and O–H groups in total. The van der Waals surface area contributed by atoms with Crippen LogP contribution in [0.3, 0.4) is 0 Å². The van der Waals surface area contributed by atoms with Crippen LogP contribution in [0.15, 0.2) is 29.3 Å². The molecule has 0 saturated carbocycles. The van der Waals surface area contributed by atoms with Gasteiger partial charge in [0.2, 0.25) is 5.91 Å². The van der Waals surface area contributed by atoms with Gasteiger partial charge >= 0.3 is 5.97 Å². The number of para-hydroxylation sites is 1. The average Bonchev–Trinajstić information content (AvgIpc) is 2.88. The van der Waals surface area contributed by atoms with Crippen LogP contribution in [0.25, 0.3) is 10.2 Å². The molecule has 7 nitrogen and oxygen atoms in total. The largest absolute Gasteiger partial charge is 0.468 e. The van der Waals surface area contributed by atoms with Crippen LogP contribution in [0.1, 0.15) is 25.7 Å². The molecular formula is C20H25N3O4S2. The van der Waals surface area contributed by atoms with Gasteiger partial charge < -0.3 is 14.2 Å². The van der Waals surface area contributed by atoms with Crippen molar-refractivity contribution in [3.05, 3.63) is 29.1 Å². The second kappa shape index (κ2) is 10.6. The van der Waals surface area contributed by atoms with Crippen molar-refractivity contribution in [2.45, 2.75) is 32.2 Å². The molecule has 156 valence electrons. The highest BCUT2D eigenvalue weighted by Crippen LogP contribution is 2.17. The molecule has 3 rings (SSSR count). The molecule has 29 heavy (non-hydrogen) atoms. The normalized spacial score (nSPS) is 15.3. The Kier molecular flexibility index (Phi) is 7.88. The maximum absolute atomic E-state index is 12.4. The first-order valence-electron chi connectivity index (χ1n) is 9.67. The molecule has 1 saturated heterocycles. The molecule has 1 fully saturated rings. The number of amides is 2. The van der Waals surface area contributed by atoms with Crippen LogP contribution in [0.5, 0.6) is 0 Å². The Balaban J connectivity index is 1.65. The summed E-state index contributed by atoms with van der Waals surface area (Å²) in [5, 5.41) is 0. The fraction of sp³-hybridized carbons (Fsp3) is 0.500. The van der Waals surface area contributed by atoms with E-state index in [-0.39, 0.29) is 29.9 Å². The van der Waals surface area contributed by atoms with E-state index in [1.54, 1.807) is 4.57 Å². The quantitative estimate of drug-likeness (QED) is 0.651. The summed E-state index contributed by atoms with van der Waals surface area (Å²) >= 11 is 2.64. The highest BCUT2D eigenvalue weighted by atomic mass is 32.2. The summed E-state index contributed by atoms with van der Waals surface area (Å²) in [6.07, 6.45) is 4.46. The number of carbonyl (C=O) groups excluding carboxylic acids is 3. The summed E-state index contributed by atoms with van der Waals surface area (Å²) in [4.78, 5) is 43.0. The topological polar surface area (TPSA) is 81.0 Å². The first kappa shape index (κ1) is 21.6. The van der Waals surface area contributed by atoms with Crippen molar-refractivity contribution in [3.8, 4) is 0 Å². The Labute approximate surface area is 177 Å². The number of nitrogens with zero attached hydrogens (tertiary/aromatic N) is 3. The fourth-order valence-electron chi connectivity index (χ4n) is 3.23. The number of fused-ring (bicyclic) bond motifs is 1. The third-order valence-corrected chi connectivity index (χ3v) is 6.69. The van der Waals surface area contributed by atoms with Gasteiger partial charge in [-0.1, -0.05) is 36.3 Å². The highest BCUT2D eigenvalue weighted by molar-refractivity contribution is 8.00. The molecule has 1 aromatic heterocycles. The summed E-state index contributed by atoms with van der Waals surface area (Å²) in [6, 6.07) is 7.58. The monoisotopic (exact) mass is 435 g/mol. The van der Waals surface area contributed by atoms with Crippen molar-refractivity contribution in [2.75, 3.05) is 31.7 Å². The molecule has 0 spiro atoms.